The minimum atomic E-state index is -0.407. The molecule has 0 aliphatic heterocycles. The number of aliphatic hydroxyl groups is 2. The number of nitrogens with zero attached hydrogens (tertiary/aromatic N) is 2. The third-order valence-electron chi connectivity index (χ3n) is 5.71. The van der Waals surface area contributed by atoms with Gasteiger partial charge in [-0.05, 0) is 65.6 Å². The van der Waals surface area contributed by atoms with E-state index < -0.39 is 6.10 Å². The van der Waals surface area contributed by atoms with Crippen LogP contribution in [0.2, 0.25) is 0 Å². The van der Waals surface area contributed by atoms with Gasteiger partial charge in [0.2, 0.25) is 0 Å². The maximum Gasteiger partial charge on any atom is 1.00 e. The Balaban J connectivity index is 0.00000169. The predicted octanol–water partition coefficient (Wildman–Crippen LogP) is -1.12. The topological polar surface area (TPSA) is 149 Å². The van der Waals surface area contributed by atoms with Crippen molar-refractivity contribution in [1.82, 2.24) is 9.97 Å². The van der Waals surface area contributed by atoms with Gasteiger partial charge in [-0.3, -0.25) is 20.0 Å². The molecule has 2 N–H and O–H groups in total. The van der Waals surface area contributed by atoms with Crippen LogP contribution in [-0.4, -0.2) is 26.3 Å². The summed E-state index contributed by atoms with van der Waals surface area (Å²) in [5.41, 5.74) is 5.61. The van der Waals surface area contributed by atoms with Gasteiger partial charge < -0.3 is 20.7 Å². The third kappa shape index (κ3) is 13.1. The fraction of sp³-hybridized carbons (Fsp3) is 0.107. The van der Waals surface area contributed by atoms with Crippen LogP contribution in [0.3, 0.4) is 0 Å². The van der Waals surface area contributed by atoms with Gasteiger partial charge in [0.25, 0.3) is 0 Å². The van der Waals surface area contributed by atoms with E-state index >= 15 is 0 Å². The van der Waals surface area contributed by atoms with Crippen LogP contribution in [0.5, 0.6) is 0 Å². The number of hydrogen-bond donors (Lipinski definition) is 2. The molecule has 0 aliphatic carbocycles. The van der Waals surface area contributed by atoms with E-state index in [1.54, 1.807) is 19.3 Å². The predicted molar refractivity (Wildman–Crippen MR) is 147 cm³/mol. The largest absolute Gasteiger partial charge is 1.00 e. The SMILES string of the molecule is CC(O)C[CH-]O.[Eu].[Na+].[Na+].[O-]OOSc1ccc(-c2ccnc3c2ccc2c(-c4ccc(SOO[O-])cc4)ccnc23)cc1.[Y]. The zero-order valence-electron chi connectivity index (χ0n) is 24.0. The summed E-state index contributed by atoms with van der Waals surface area (Å²) in [4.78, 5) is 10.8. The Labute approximate surface area is 373 Å². The fourth-order valence-corrected chi connectivity index (χ4v) is 4.68. The van der Waals surface area contributed by atoms with Crippen molar-refractivity contribution in [2.45, 2.75) is 29.2 Å². The first kappa shape index (κ1) is 45.5. The summed E-state index contributed by atoms with van der Waals surface area (Å²) in [6, 6.07) is 23.2. The molecule has 0 fully saturated rings. The quantitative estimate of drug-likeness (QED) is 0.0438. The standard InChI is InChI=1S/C24H16N2O6S2.C4H9O2.Eu.2Na.Y/c27-29-31-33-17-5-1-15(2-6-17)19-11-13-25-23-21(19)9-10-22-20(12-14-26-24(22)23)16-3-7-18(8-4-16)34-32-30-28;1-4(6)2-3-5;;;;/h1-14,27-28H;3-6H,2H2,1H3;;;;/q;-1;;2*+1;/p-2. The van der Waals surface area contributed by atoms with E-state index in [4.69, 9.17) is 10.2 Å². The molecule has 16 heteroatoms. The van der Waals surface area contributed by atoms with Crippen LogP contribution < -0.4 is 69.6 Å². The number of aliphatic hydroxyl groups excluding tert-OH is 2. The number of rotatable bonds is 10. The summed E-state index contributed by atoms with van der Waals surface area (Å²) in [5.74, 6) is 0. The van der Waals surface area contributed by atoms with E-state index in [9.17, 15) is 10.5 Å². The van der Waals surface area contributed by atoms with Crippen LogP contribution in [0, 0.1) is 56.0 Å². The average Bonchev–Trinajstić information content (AvgIpc) is 2.99. The molecule has 5 aromatic rings. The van der Waals surface area contributed by atoms with E-state index in [0.717, 1.165) is 84.5 Å². The Morgan fingerprint density at radius 2 is 1.11 bits per heavy atom. The van der Waals surface area contributed by atoms with Gasteiger partial charge in [-0.2, -0.15) is 8.67 Å². The zero-order chi connectivity index (χ0) is 28.3. The number of hydrogen-bond acceptors (Lipinski definition) is 12. The summed E-state index contributed by atoms with van der Waals surface area (Å²) >= 11 is 1.70. The van der Waals surface area contributed by atoms with Crippen LogP contribution in [0.25, 0.3) is 44.1 Å². The molecule has 1 atom stereocenters. The van der Waals surface area contributed by atoms with Crippen molar-refractivity contribution in [2.75, 3.05) is 0 Å². The molecule has 3 aromatic carbocycles. The molecule has 10 nitrogen and oxygen atoms in total. The monoisotopic (exact) mass is 867 g/mol. The van der Waals surface area contributed by atoms with Crippen LogP contribution in [0.4, 0.5) is 0 Å². The Hall–Kier alpha value is 1.55. The number of fused-ring (bicyclic) bond motifs is 3. The molecule has 5 rings (SSSR count). The molecule has 0 bridgehead atoms. The summed E-state index contributed by atoms with van der Waals surface area (Å²) in [7, 11) is 0. The molecule has 218 valence electrons. The molecule has 0 saturated carbocycles. The Morgan fingerprint density at radius 1 is 0.727 bits per heavy atom. The Bertz CT molecular complexity index is 1430. The molecule has 2 aromatic heterocycles. The molecular formula is C28H23EuN2Na2O8S2Y-. The maximum absolute atomic E-state index is 10.0. The first-order chi connectivity index (χ1) is 19.5. The van der Waals surface area contributed by atoms with Gasteiger partial charge in [0.1, 0.15) is 0 Å². The molecular weight excluding hydrogens is 843 g/mol. The molecule has 1 unspecified atom stereocenters. The van der Waals surface area contributed by atoms with Crippen molar-refractivity contribution in [3.8, 4) is 22.3 Å². The first-order valence-electron chi connectivity index (χ1n) is 11.8. The van der Waals surface area contributed by atoms with Crippen molar-refractivity contribution in [1.29, 1.82) is 0 Å². The van der Waals surface area contributed by atoms with Crippen molar-refractivity contribution in [3.05, 3.63) is 91.8 Å². The second kappa shape index (κ2) is 24.6. The Kier molecular flexibility index (Phi) is 25.5. The van der Waals surface area contributed by atoms with E-state index in [0.29, 0.717) is 6.42 Å². The van der Waals surface area contributed by atoms with Gasteiger partial charge in [-0.15, -0.1) is 6.42 Å². The Morgan fingerprint density at radius 3 is 1.41 bits per heavy atom. The van der Waals surface area contributed by atoms with Crippen LogP contribution in [0.1, 0.15) is 13.3 Å². The normalized spacial score (nSPS) is 10.8. The molecule has 0 spiro atoms. The van der Waals surface area contributed by atoms with E-state index in [1.807, 2.05) is 72.8 Å². The number of pyridine rings is 2. The van der Waals surface area contributed by atoms with Gasteiger partial charge in [0.05, 0.1) is 35.1 Å². The summed E-state index contributed by atoms with van der Waals surface area (Å²) in [6.45, 7) is 2.57. The van der Waals surface area contributed by atoms with Crippen LogP contribution in [0.15, 0.2) is 95.0 Å². The first-order valence-corrected chi connectivity index (χ1v) is 13.3. The second-order valence-corrected chi connectivity index (χ2v) is 9.88. The molecule has 44 heavy (non-hydrogen) atoms. The summed E-state index contributed by atoms with van der Waals surface area (Å²) < 4.78 is 8.74. The van der Waals surface area contributed by atoms with Gasteiger partial charge in [-0.25, -0.2) is 6.61 Å². The smallest absolute Gasteiger partial charge is 0.691 e. The van der Waals surface area contributed by atoms with Crippen molar-refractivity contribution < 1.29 is 181 Å². The molecule has 2 radical (unpaired) electrons. The maximum atomic E-state index is 10.0. The van der Waals surface area contributed by atoms with Crippen molar-refractivity contribution in [2.24, 2.45) is 0 Å². The second-order valence-electron chi connectivity index (χ2n) is 8.33. The number of benzene rings is 3. The number of aromatic nitrogens is 2. The van der Waals surface area contributed by atoms with Crippen molar-refractivity contribution in [3.63, 3.8) is 0 Å². The van der Waals surface area contributed by atoms with E-state index in [-0.39, 0.29) is 141 Å². The minimum Gasteiger partial charge on any atom is -0.691 e. The fourth-order valence-electron chi connectivity index (χ4n) is 3.97. The van der Waals surface area contributed by atoms with E-state index in [1.165, 1.54) is 0 Å². The van der Waals surface area contributed by atoms with Gasteiger partial charge in [0.15, 0.2) is 0 Å². The molecule has 0 aliphatic rings. The summed E-state index contributed by atoms with van der Waals surface area (Å²) in [6.07, 6.45) is 3.49. The zero-order valence-corrected chi connectivity index (χ0v) is 34.9. The minimum absolute atomic E-state index is 0. The third-order valence-corrected chi connectivity index (χ3v) is 6.89. The molecule has 2 heterocycles. The van der Waals surface area contributed by atoms with Gasteiger partial charge in [-0.1, -0.05) is 36.4 Å². The van der Waals surface area contributed by atoms with Gasteiger partial charge in [0, 0.05) is 121 Å². The van der Waals surface area contributed by atoms with Gasteiger partial charge >= 0.3 is 59.1 Å². The summed E-state index contributed by atoms with van der Waals surface area (Å²) in [5, 5.41) is 45.1. The molecule has 0 amide bonds. The van der Waals surface area contributed by atoms with Crippen molar-refractivity contribution >= 4 is 45.9 Å². The van der Waals surface area contributed by atoms with E-state index in [2.05, 4.69) is 28.7 Å². The molecule has 0 saturated heterocycles. The van der Waals surface area contributed by atoms with Crippen LogP contribution >= 0.6 is 24.1 Å². The average molecular weight is 866 g/mol. The van der Waals surface area contributed by atoms with Crippen LogP contribution in [-0.2, 0) is 51.5 Å².